The molecular formula is C17H23BFNO3. The van der Waals surface area contributed by atoms with Gasteiger partial charge in [0.2, 0.25) is 0 Å². The maximum atomic E-state index is 14.4. The summed E-state index contributed by atoms with van der Waals surface area (Å²) in [4.78, 5) is 13.9. The molecule has 1 amide bonds. The molecule has 3 rings (SSSR count). The second-order valence-electron chi connectivity index (χ2n) is 7.64. The molecule has 4 nitrogen and oxygen atoms in total. The number of nitrogens with zero attached hydrogens (tertiary/aromatic N) is 1. The van der Waals surface area contributed by atoms with Crippen molar-refractivity contribution >= 4 is 18.5 Å². The molecule has 2 fully saturated rings. The van der Waals surface area contributed by atoms with Gasteiger partial charge in [-0.2, -0.15) is 0 Å². The van der Waals surface area contributed by atoms with Crippen LogP contribution in [0, 0.1) is 11.7 Å². The number of carbonyl (C=O) groups is 1. The largest absolute Gasteiger partial charge is 0.494 e. The fourth-order valence-electron chi connectivity index (χ4n) is 2.87. The van der Waals surface area contributed by atoms with Gasteiger partial charge in [-0.1, -0.05) is 13.0 Å². The third-order valence-electron chi connectivity index (χ3n) is 5.10. The summed E-state index contributed by atoms with van der Waals surface area (Å²) >= 11 is 0. The van der Waals surface area contributed by atoms with Gasteiger partial charge in [-0.05, 0) is 51.2 Å². The van der Waals surface area contributed by atoms with Crippen molar-refractivity contribution in [3.8, 4) is 0 Å². The molecule has 0 N–H and O–H groups in total. The van der Waals surface area contributed by atoms with E-state index in [-0.39, 0.29) is 11.5 Å². The molecule has 0 spiro atoms. The Bertz CT molecular complexity index is 625. The Labute approximate surface area is 137 Å². The molecular weight excluding hydrogens is 296 g/mol. The summed E-state index contributed by atoms with van der Waals surface area (Å²) < 4.78 is 26.2. The van der Waals surface area contributed by atoms with Crippen molar-refractivity contribution in [2.45, 2.75) is 45.8 Å². The number of benzene rings is 1. The predicted octanol–water partition coefficient (Wildman–Crippen LogP) is 2.22. The molecule has 0 saturated carbocycles. The molecule has 0 bridgehead atoms. The summed E-state index contributed by atoms with van der Waals surface area (Å²) in [6, 6.07) is 4.58. The van der Waals surface area contributed by atoms with E-state index in [0.717, 1.165) is 0 Å². The summed E-state index contributed by atoms with van der Waals surface area (Å²) in [7, 11) is -0.623. The Morgan fingerprint density at radius 3 is 2.26 bits per heavy atom. The van der Waals surface area contributed by atoms with Crippen molar-refractivity contribution in [2.24, 2.45) is 5.92 Å². The zero-order chi connectivity index (χ0) is 17.0. The van der Waals surface area contributed by atoms with Gasteiger partial charge in [0, 0.05) is 13.1 Å². The van der Waals surface area contributed by atoms with Crippen LogP contribution in [0.3, 0.4) is 0 Å². The van der Waals surface area contributed by atoms with Crippen LogP contribution < -0.4 is 5.46 Å². The molecule has 0 aliphatic carbocycles. The maximum absolute atomic E-state index is 14.4. The van der Waals surface area contributed by atoms with Gasteiger partial charge in [-0.15, -0.1) is 0 Å². The molecule has 2 aliphatic heterocycles. The van der Waals surface area contributed by atoms with Gasteiger partial charge in [-0.25, -0.2) is 4.39 Å². The minimum absolute atomic E-state index is 0.108. The van der Waals surface area contributed by atoms with Gasteiger partial charge >= 0.3 is 7.12 Å². The SMILES string of the molecule is CC1CN(C(=O)c2ccc(B3OC(C)(C)C(C)(C)O3)cc2F)C1. The second kappa shape index (κ2) is 5.31. The van der Waals surface area contributed by atoms with Crippen LogP contribution in [-0.4, -0.2) is 42.2 Å². The second-order valence-corrected chi connectivity index (χ2v) is 7.64. The number of amides is 1. The van der Waals surface area contributed by atoms with Crippen LogP contribution in [0.25, 0.3) is 0 Å². The number of rotatable bonds is 2. The highest BCUT2D eigenvalue weighted by Crippen LogP contribution is 2.36. The molecule has 6 heteroatoms. The fraction of sp³-hybridized carbons (Fsp3) is 0.588. The lowest BCUT2D eigenvalue weighted by molar-refractivity contribution is 0.00578. The van der Waals surface area contributed by atoms with Crippen molar-refractivity contribution in [3.05, 3.63) is 29.6 Å². The zero-order valence-corrected chi connectivity index (χ0v) is 14.4. The molecule has 0 unspecified atom stereocenters. The highest BCUT2D eigenvalue weighted by Gasteiger charge is 2.51. The topological polar surface area (TPSA) is 38.8 Å². The van der Waals surface area contributed by atoms with Crippen LogP contribution in [0.1, 0.15) is 45.0 Å². The van der Waals surface area contributed by atoms with Crippen LogP contribution in [0.2, 0.25) is 0 Å². The molecule has 2 heterocycles. The van der Waals surface area contributed by atoms with Crippen LogP contribution in [0.15, 0.2) is 18.2 Å². The minimum atomic E-state index is -0.623. The van der Waals surface area contributed by atoms with Gasteiger partial charge < -0.3 is 14.2 Å². The van der Waals surface area contributed by atoms with E-state index in [0.29, 0.717) is 24.5 Å². The summed E-state index contributed by atoms with van der Waals surface area (Å²) in [5.41, 5.74) is -0.251. The minimum Gasteiger partial charge on any atom is -0.399 e. The van der Waals surface area contributed by atoms with Gasteiger partial charge in [0.15, 0.2) is 0 Å². The lowest BCUT2D eigenvalue weighted by Gasteiger charge is -2.37. The number of halogens is 1. The summed E-state index contributed by atoms with van der Waals surface area (Å²) in [6.45, 7) is 11.3. The van der Waals surface area contributed by atoms with Crippen LogP contribution >= 0.6 is 0 Å². The average molecular weight is 319 g/mol. The smallest absolute Gasteiger partial charge is 0.399 e. The Morgan fingerprint density at radius 2 is 1.78 bits per heavy atom. The zero-order valence-electron chi connectivity index (χ0n) is 14.4. The van der Waals surface area contributed by atoms with Crippen LogP contribution in [0.4, 0.5) is 4.39 Å². The van der Waals surface area contributed by atoms with Crippen LogP contribution in [0.5, 0.6) is 0 Å². The van der Waals surface area contributed by atoms with Crippen molar-refractivity contribution in [3.63, 3.8) is 0 Å². The molecule has 2 saturated heterocycles. The predicted molar refractivity (Wildman–Crippen MR) is 87.2 cm³/mol. The lowest BCUT2D eigenvalue weighted by Crippen LogP contribution is -2.49. The molecule has 0 aromatic heterocycles. The van der Waals surface area contributed by atoms with E-state index in [2.05, 4.69) is 6.92 Å². The van der Waals surface area contributed by atoms with E-state index in [4.69, 9.17) is 9.31 Å². The molecule has 23 heavy (non-hydrogen) atoms. The third kappa shape index (κ3) is 2.79. The summed E-state index contributed by atoms with van der Waals surface area (Å²) in [6.07, 6.45) is 0. The first-order chi connectivity index (χ1) is 10.6. The molecule has 124 valence electrons. The summed E-state index contributed by atoms with van der Waals surface area (Å²) in [5.74, 6) is -0.283. The first-order valence-corrected chi connectivity index (χ1v) is 8.05. The quantitative estimate of drug-likeness (QED) is 0.785. The van der Waals surface area contributed by atoms with Gasteiger partial charge in [0.1, 0.15) is 5.82 Å². The number of hydrogen-bond acceptors (Lipinski definition) is 3. The molecule has 0 radical (unpaired) electrons. The van der Waals surface area contributed by atoms with Crippen molar-refractivity contribution < 1.29 is 18.5 Å². The lowest BCUT2D eigenvalue weighted by atomic mass is 9.78. The highest BCUT2D eigenvalue weighted by atomic mass is 19.1. The monoisotopic (exact) mass is 319 g/mol. The maximum Gasteiger partial charge on any atom is 0.494 e. The van der Waals surface area contributed by atoms with Crippen molar-refractivity contribution in [1.29, 1.82) is 0 Å². The molecule has 1 aromatic rings. The first-order valence-electron chi connectivity index (χ1n) is 8.05. The van der Waals surface area contributed by atoms with Gasteiger partial charge in [-0.3, -0.25) is 4.79 Å². The van der Waals surface area contributed by atoms with Crippen molar-refractivity contribution in [2.75, 3.05) is 13.1 Å². The Hall–Kier alpha value is -1.40. The molecule has 0 atom stereocenters. The van der Waals surface area contributed by atoms with E-state index in [1.54, 1.807) is 11.0 Å². The molecule has 1 aromatic carbocycles. The standard InChI is InChI=1S/C17H23BFNO3/c1-11-9-20(10-11)15(21)13-7-6-12(8-14(13)19)18-22-16(2,3)17(4,5)23-18/h6-8,11H,9-10H2,1-5H3. The Kier molecular flexibility index (Phi) is 3.80. The van der Waals surface area contributed by atoms with E-state index in [9.17, 15) is 9.18 Å². The Morgan fingerprint density at radius 1 is 1.22 bits per heavy atom. The van der Waals surface area contributed by atoms with Crippen LogP contribution in [-0.2, 0) is 9.31 Å². The summed E-state index contributed by atoms with van der Waals surface area (Å²) in [5, 5.41) is 0. The Balaban J connectivity index is 1.79. The highest BCUT2D eigenvalue weighted by molar-refractivity contribution is 6.62. The normalized spacial score (nSPS) is 23.0. The molecule has 2 aliphatic rings. The average Bonchev–Trinajstić information content (AvgIpc) is 2.63. The number of likely N-dealkylation sites (tertiary alicyclic amines) is 1. The van der Waals surface area contributed by atoms with E-state index < -0.39 is 24.1 Å². The van der Waals surface area contributed by atoms with Crippen molar-refractivity contribution in [1.82, 2.24) is 4.90 Å². The van der Waals surface area contributed by atoms with E-state index in [1.165, 1.54) is 12.1 Å². The first kappa shape index (κ1) is 16.5. The van der Waals surface area contributed by atoms with Gasteiger partial charge in [0.25, 0.3) is 5.91 Å². The van der Waals surface area contributed by atoms with Gasteiger partial charge in [0.05, 0.1) is 16.8 Å². The fourth-order valence-corrected chi connectivity index (χ4v) is 2.87. The number of carbonyl (C=O) groups excluding carboxylic acids is 1. The van der Waals surface area contributed by atoms with E-state index in [1.807, 2.05) is 27.7 Å². The van der Waals surface area contributed by atoms with E-state index >= 15 is 0 Å². The third-order valence-corrected chi connectivity index (χ3v) is 5.10. The number of hydrogen-bond donors (Lipinski definition) is 0.